The lowest BCUT2D eigenvalue weighted by Crippen LogP contribution is -2.55. The fourth-order valence-corrected chi connectivity index (χ4v) is 3.09. The number of hydrogen-bond donors (Lipinski definition) is 1. The molecule has 2 amide bonds. The van der Waals surface area contributed by atoms with Gasteiger partial charge in [-0.15, -0.1) is 0 Å². The molecule has 2 unspecified atom stereocenters. The fourth-order valence-electron chi connectivity index (χ4n) is 3.09. The second-order valence-corrected chi connectivity index (χ2v) is 4.90. The number of carbonyl (C=O) groups is 2. The molecular weight excluding hydrogens is 206 g/mol. The summed E-state index contributed by atoms with van der Waals surface area (Å²) in [5, 5.41) is 2.86. The summed E-state index contributed by atoms with van der Waals surface area (Å²) < 4.78 is 0. The molecule has 0 radical (unpaired) electrons. The molecule has 0 aromatic rings. The first kappa shape index (κ1) is 10.1. The van der Waals surface area contributed by atoms with E-state index in [0.29, 0.717) is 5.78 Å². The van der Waals surface area contributed by atoms with E-state index in [0.717, 1.165) is 45.4 Å². The molecular formula is C11H17N3O2. The highest BCUT2D eigenvalue weighted by atomic mass is 16.2. The Morgan fingerprint density at radius 3 is 2.88 bits per heavy atom. The van der Waals surface area contributed by atoms with Crippen LogP contribution < -0.4 is 5.32 Å². The number of fused-ring (bicyclic) bond motifs is 1. The van der Waals surface area contributed by atoms with Gasteiger partial charge < -0.3 is 10.2 Å². The standard InChI is InChI=1S/C11H17N3O2/c15-10-3-1-2-9(10)13-4-5-14-8(7-13)6-12-11(14)16/h8-9H,1-7H2,(H,12,16). The van der Waals surface area contributed by atoms with Gasteiger partial charge in [-0.1, -0.05) is 0 Å². The van der Waals surface area contributed by atoms with Gasteiger partial charge in [0.2, 0.25) is 0 Å². The Hall–Kier alpha value is -1.10. The number of rotatable bonds is 1. The number of Topliss-reactive ketones (excluding diaryl/α,β-unsaturated/α-hetero) is 1. The SMILES string of the molecule is O=C1CCCC1N1CCN2C(=O)NCC2C1. The maximum atomic E-state index is 11.7. The molecule has 2 saturated heterocycles. The summed E-state index contributed by atoms with van der Waals surface area (Å²) in [7, 11) is 0. The van der Waals surface area contributed by atoms with Gasteiger partial charge in [0.1, 0.15) is 5.78 Å². The average molecular weight is 223 g/mol. The Morgan fingerprint density at radius 1 is 1.25 bits per heavy atom. The van der Waals surface area contributed by atoms with Crippen molar-refractivity contribution in [2.24, 2.45) is 0 Å². The van der Waals surface area contributed by atoms with Crippen molar-refractivity contribution < 1.29 is 9.59 Å². The van der Waals surface area contributed by atoms with E-state index in [9.17, 15) is 9.59 Å². The third-order valence-electron chi connectivity index (χ3n) is 3.98. The van der Waals surface area contributed by atoms with Crippen LogP contribution in [0.3, 0.4) is 0 Å². The van der Waals surface area contributed by atoms with Crippen molar-refractivity contribution in [2.75, 3.05) is 26.2 Å². The number of carbonyl (C=O) groups excluding carboxylic acids is 2. The number of urea groups is 1. The first-order valence-electron chi connectivity index (χ1n) is 6.07. The van der Waals surface area contributed by atoms with E-state index in [-0.39, 0.29) is 18.1 Å². The van der Waals surface area contributed by atoms with E-state index in [1.807, 2.05) is 4.90 Å². The topological polar surface area (TPSA) is 52.7 Å². The van der Waals surface area contributed by atoms with Gasteiger partial charge in [-0.2, -0.15) is 0 Å². The number of ketones is 1. The molecule has 0 spiro atoms. The minimum atomic E-state index is 0.0578. The van der Waals surface area contributed by atoms with E-state index >= 15 is 0 Å². The fraction of sp³-hybridized carbons (Fsp3) is 0.818. The third kappa shape index (κ3) is 1.50. The molecule has 2 heterocycles. The van der Waals surface area contributed by atoms with Gasteiger partial charge in [-0.25, -0.2) is 4.79 Å². The van der Waals surface area contributed by atoms with E-state index < -0.39 is 0 Å². The Morgan fingerprint density at radius 2 is 2.12 bits per heavy atom. The highest BCUT2D eigenvalue weighted by molar-refractivity contribution is 5.86. The van der Waals surface area contributed by atoms with Crippen LogP contribution in [0, 0.1) is 0 Å². The van der Waals surface area contributed by atoms with Crippen molar-refractivity contribution in [3.8, 4) is 0 Å². The van der Waals surface area contributed by atoms with E-state index in [1.165, 1.54) is 0 Å². The molecule has 0 bridgehead atoms. The lowest BCUT2D eigenvalue weighted by molar-refractivity contribution is -0.122. The number of piperazine rings is 1. The van der Waals surface area contributed by atoms with Crippen molar-refractivity contribution >= 4 is 11.8 Å². The second kappa shape index (κ2) is 3.73. The molecule has 1 N–H and O–H groups in total. The maximum absolute atomic E-state index is 11.7. The van der Waals surface area contributed by atoms with Crippen molar-refractivity contribution in [3.63, 3.8) is 0 Å². The van der Waals surface area contributed by atoms with Gasteiger partial charge in [0.05, 0.1) is 12.1 Å². The molecule has 2 aliphatic heterocycles. The van der Waals surface area contributed by atoms with Crippen LogP contribution in [0.15, 0.2) is 0 Å². The Bertz CT molecular complexity index is 331. The van der Waals surface area contributed by atoms with Crippen LogP contribution in [0.1, 0.15) is 19.3 Å². The van der Waals surface area contributed by atoms with E-state index in [1.54, 1.807) is 0 Å². The molecule has 5 nitrogen and oxygen atoms in total. The molecule has 16 heavy (non-hydrogen) atoms. The van der Waals surface area contributed by atoms with Crippen molar-refractivity contribution in [1.29, 1.82) is 0 Å². The van der Waals surface area contributed by atoms with Crippen molar-refractivity contribution in [2.45, 2.75) is 31.3 Å². The number of nitrogens with zero attached hydrogens (tertiary/aromatic N) is 2. The highest BCUT2D eigenvalue weighted by Gasteiger charge is 2.39. The van der Waals surface area contributed by atoms with Gasteiger partial charge in [0, 0.05) is 32.6 Å². The summed E-state index contributed by atoms with van der Waals surface area (Å²) in [5.41, 5.74) is 0. The van der Waals surface area contributed by atoms with Gasteiger partial charge in [-0.05, 0) is 12.8 Å². The average Bonchev–Trinajstić information content (AvgIpc) is 2.86. The van der Waals surface area contributed by atoms with Crippen LogP contribution in [-0.2, 0) is 4.79 Å². The molecule has 3 aliphatic rings. The summed E-state index contributed by atoms with van der Waals surface area (Å²) in [5.74, 6) is 0.394. The zero-order valence-electron chi connectivity index (χ0n) is 9.32. The number of amides is 2. The summed E-state index contributed by atoms with van der Waals surface area (Å²) in [6, 6.07) is 0.468. The van der Waals surface area contributed by atoms with E-state index in [4.69, 9.17) is 0 Å². The predicted octanol–water partition coefficient (Wildman–Crippen LogP) is -0.183. The first-order chi connectivity index (χ1) is 7.75. The molecule has 5 heteroatoms. The lowest BCUT2D eigenvalue weighted by atomic mass is 10.1. The second-order valence-electron chi connectivity index (χ2n) is 4.90. The lowest BCUT2D eigenvalue weighted by Gasteiger charge is -2.38. The molecule has 3 rings (SSSR count). The zero-order valence-corrected chi connectivity index (χ0v) is 9.32. The normalized spacial score (nSPS) is 35.4. The van der Waals surface area contributed by atoms with Crippen LogP contribution in [-0.4, -0.2) is 59.9 Å². The van der Waals surface area contributed by atoms with Crippen LogP contribution in [0.25, 0.3) is 0 Å². The smallest absolute Gasteiger partial charge is 0.317 e. The monoisotopic (exact) mass is 223 g/mol. The summed E-state index contributed by atoms with van der Waals surface area (Å²) in [6.45, 7) is 3.20. The number of nitrogens with one attached hydrogen (secondary N) is 1. The van der Waals surface area contributed by atoms with Crippen LogP contribution in [0.2, 0.25) is 0 Å². The third-order valence-corrected chi connectivity index (χ3v) is 3.98. The molecule has 0 aromatic heterocycles. The van der Waals surface area contributed by atoms with Gasteiger partial charge in [-0.3, -0.25) is 9.69 Å². The highest BCUT2D eigenvalue weighted by Crippen LogP contribution is 2.24. The predicted molar refractivity (Wildman–Crippen MR) is 58.1 cm³/mol. The quantitative estimate of drug-likeness (QED) is 0.671. The van der Waals surface area contributed by atoms with Crippen LogP contribution in [0.5, 0.6) is 0 Å². The van der Waals surface area contributed by atoms with Crippen LogP contribution in [0.4, 0.5) is 4.79 Å². The summed E-state index contributed by atoms with van der Waals surface area (Å²) in [4.78, 5) is 27.3. The largest absolute Gasteiger partial charge is 0.336 e. The maximum Gasteiger partial charge on any atom is 0.317 e. The van der Waals surface area contributed by atoms with Crippen molar-refractivity contribution in [1.82, 2.24) is 15.1 Å². The summed E-state index contributed by atoms with van der Waals surface area (Å²) >= 11 is 0. The molecule has 0 aromatic carbocycles. The molecule has 2 atom stereocenters. The van der Waals surface area contributed by atoms with Crippen LogP contribution >= 0.6 is 0 Å². The minimum Gasteiger partial charge on any atom is -0.336 e. The van der Waals surface area contributed by atoms with E-state index in [2.05, 4.69) is 10.2 Å². The Labute approximate surface area is 94.8 Å². The van der Waals surface area contributed by atoms with Gasteiger partial charge >= 0.3 is 6.03 Å². The summed E-state index contributed by atoms with van der Waals surface area (Å²) in [6.07, 6.45) is 2.78. The molecule has 1 saturated carbocycles. The molecule has 88 valence electrons. The Kier molecular flexibility index (Phi) is 2.35. The van der Waals surface area contributed by atoms with Crippen molar-refractivity contribution in [3.05, 3.63) is 0 Å². The molecule has 3 fully saturated rings. The van der Waals surface area contributed by atoms with Gasteiger partial charge in [0.15, 0.2) is 0 Å². The number of hydrogen-bond acceptors (Lipinski definition) is 3. The zero-order chi connectivity index (χ0) is 11.1. The molecule has 1 aliphatic carbocycles. The Balaban J connectivity index is 1.68. The minimum absolute atomic E-state index is 0.0578. The first-order valence-corrected chi connectivity index (χ1v) is 6.07. The van der Waals surface area contributed by atoms with Gasteiger partial charge in [0.25, 0.3) is 0 Å².